The number of carbonyl (C=O) groups excluding carboxylic acids is 3. The van der Waals surface area contributed by atoms with Gasteiger partial charge in [0, 0.05) is 16.9 Å². The number of carbonyl (C=O) groups is 3. The lowest BCUT2D eigenvalue weighted by molar-refractivity contribution is -0.188. The molecule has 1 saturated carbocycles. The predicted molar refractivity (Wildman–Crippen MR) is 166 cm³/mol. The Balaban J connectivity index is 3.23. The van der Waals surface area contributed by atoms with Crippen molar-refractivity contribution in [1.82, 2.24) is 0 Å². The van der Waals surface area contributed by atoms with Crippen molar-refractivity contribution in [3.05, 3.63) is 46.3 Å². The van der Waals surface area contributed by atoms with Crippen LogP contribution in [-0.4, -0.2) is 22.5 Å². The Morgan fingerprint density at radius 3 is 1.93 bits per heavy atom. The highest BCUT2D eigenvalue weighted by molar-refractivity contribution is 6.33. The molecule has 2 bridgehead atoms. The van der Waals surface area contributed by atoms with Crippen molar-refractivity contribution in [2.75, 3.05) is 0 Å². The minimum Gasteiger partial charge on any atom is -0.511 e. The van der Waals surface area contributed by atoms with E-state index in [4.69, 9.17) is 0 Å². The molecule has 0 saturated heterocycles. The lowest BCUT2D eigenvalue weighted by atomic mass is 9.35. The molecule has 0 amide bonds. The molecule has 1 N–H and O–H groups in total. The highest BCUT2D eigenvalue weighted by Gasteiger charge is 2.77. The molecule has 0 aromatic heterocycles. The number of aliphatic hydroxyl groups is 1. The van der Waals surface area contributed by atoms with Gasteiger partial charge in [-0.3, -0.25) is 14.4 Å². The number of ketones is 3. The van der Waals surface area contributed by atoms with E-state index < -0.39 is 27.9 Å². The Hall–Kier alpha value is -2.23. The Labute approximate surface area is 244 Å². The molecule has 2 aliphatic rings. The first-order valence-electron chi connectivity index (χ1n) is 15.5. The second kappa shape index (κ2) is 12.7. The fraction of sp³-hybridized carbons (Fsp3) is 0.694. The minimum absolute atomic E-state index is 0.0321. The van der Waals surface area contributed by atoms with Crippen LogP contribution in [0, 0.1) is 39.9 Å². The monoisotopic (exact) mass is 552 g/mol. The fourth-order valence-electron chi connectivity index (χ4n) is 7.88. The molecule has 1 fully saturated rings. The fourth-order valence-corrected chi connectivity index (χ4v) is 7.88. The smallest absolute Gasteiger partial charge is 0.184 e. The van der Waals surface area contributed by atoms with E-state index in [1.807, 2.05) is 53.7 Å². The number of Topliss-reactive ketones (excluding diaryl/α,β-unsaturated/α-hetero) is 3. The second-order valence-electron chi connectivity index (χ2n) is 13.9. The quantitative estimate of drug-likeness (QED) is 0.193. The number of hydrogen-bond donors (Lipinski definition) is 1. The standard InChI is InChI=1S/C36H56O4/c1-13-26(11)30(37)36-32(39)28(18-16-23(5)6)31(38)35(33(36)40,20-19-24(7)8)21-27(17-15-22(3)4)34(36,12)29(14-2)25(9)10/h15-16,19,25-27,29,38H,13-14,17-18,20-21H2,1-12H3. The molecule has 0 heterocycles. The van der Waals surface area contributed by atoms with Gasteiger partial charge in [-0.25, -0.2) is 0 Å². The van der Waals surface area contributed by atoms with Gasteiger partial charge in [0.1, 0.15) is 5.76 Å². The van der Waals surface area contributed by atoms with Crippen molar-refractivity contribution in [2.45, 2.75) is 122 Å². The molecule has 4 heteroatoms. The van der Waals surface area contributed by atoms with Gasteiger partial charge in [0.05, 0.1) is 5.41 Å². The van der Waals surface area contributed by atoms with Crippen LogP contribution in [0.15, 0.2) is 46.3 Å². The molecule has 0 aromatic rings. The molecule has 224 valence electrons. The molecule has 0 aliphatic heterocycles. The number of fused-ring (bicyclic) bond motifs is 2. The van der Waals surface area contributed by atoms with Gasteiger partial charge in [-0.1, -0.05) is 82.9 Å². The maximum atomic E-state index is 15.3. The molecular formula is C36H56O4. The van der Waals surface area contributed by atoms with Crippen LogP contribution in [0.5, 0.6) is 0 Å². The van der Waals surface area contributed by atoms with Crippen LogP contribution >= 0.6 is 0 Å². The van der Waals surface area contributed by atoms with E-state index >= 15 is 9.59 Å². The number of allylic oxidation sites excluding steroid dienone is 8. The predicted octanol–water partition coefficient (Wildman–Crippen LogP) is 9.32. The third-order valence-corrected chi connectivity index (χ3v) is 10.2. The summed E-state index contributed by atoms with van der Waals surface area (Å²) in [6.07, 6.45) is 9.03. The first-order valence-corrected chi connectivity index (χ1v) is 15.5. The lowest BCUT2D eigenvalue weighted by Crippen LogP contribution is -2.73. The van der Waals surface area contributed by atoms with E-state index in [1.54, 1.807) is 0 Å². The number of aliphatic hydroxyl groups excluding tert-OH is 1. The average molecular weight is 553 g/mol. The van der Waals surface area contributed by atoms with Crippen LogP contribution in [-0.2, 0) is 14.4 Å². The normalized spacial score (nSPS) is 29.7. The van der Waals surface area contributed by atoms with Crippen LogP contribution in [0.3, 0.4) is 0 Å². The molecule has 6 atom stereocenters. The molecule has 4 nitrogen and oxygen atoms in total. The van der Waals surface area contributed by atoms with Gasteiger partial charge in [0.25, 0.3) is 0 Å². The largest absolute Gasteiger partial charge is 0.511 e. The summed E-state index contributed by atoms with van der Waals surface area (Å²) in [5.41, 5.74) is -0.551. The summed E-state index contributed by atoms with van der Waals surface area (Å²) in [5.74, 6) is -1.63. The molecule has 40 heavy (non-hydrogen) atoms. The van der Waals surface area contributed by atoms with E-state index in [0.717, 1.165) is 23.1 Å². The van der Waals surface area contributed by atoms with Crippen molar-refractivity contribution >= 4 is 17.3 Å². The molecule has 2 rings (SSSR count). The zero-order valence-corrected chi connectivity index (χ0v) is 27.5. The SMILES string of the molecule is CCC(C)C(=O)C12C(=O)C(CC=C(C)C)=C(O)C(CC=C(C)C)(CC(CC=C(C)C)C1(C)C(CC)C(C)C)C2=O. The first-order chi connectivity index (χ1) is 18.5. The summed E-state index contributed by atoms with van der Waals surface area (Å²) in [6, 6.07) is 0. The Morgan fingerprint density at radius 1 is 0.925 bits per heavy atom. The van der Waals surface area contributed by atoms with Gasteiger partial charge in [-0.05, 0) is 91.4 Å². The zero-order chi connectivity index (χ0) is 30.8. The molecule has 0 radical (unpaired) electrons. The topological polar surface area (TPSA) is 71.4 Å². The number of hydrogen-bond acceptors (Lipinski definition) is 4. The summed E-state index contributed by atoms with van der Waals surface area (Å²) in [4.78, 5) is 45.2. The Bertz CT molecular complexity index is 1120. The first kappa shape index (κ1) is 34.0. The zero-order valence-electron chi connectivity index (χ0n) is 27.5. The summed E-state index contributed by atoms with van der Waals surface area (Å²) in [5, 5.41) is 12.0. The Kier molecular flexibility index (Phi) is 10.8. The molecule has 6 unspecified atom stereocenters. The minimum atomic E-state index is -1.84. The average Bonchev–Trinajstić information content (AvgIpc) is 2.86. The van der Waals surface area contributed by atoms with Crippen molar-refractivity contribution in [1.29, 1.82) is 0 Å². The maximum Gasteiger partial charge on any atom is 0.184 e. The van der Waals surface area contributed by atoms with Crippen molar-refractivity contribution in [2.24, 2.45) is 39.9 Å². The lowest BCUT2D eigenvalue weighted by Gasteiger charge is -2.64. The van der Waals surface area contributed by atoms with E-state index in [1.165, 1.54) is 0 Å². The summed E-state index contributed by atoms with van der Waals surface area (Å²) in [6.45, 7) is 24.3. The van der Waals surface area contributed by atoms with E-state index in [2.05, 4.69) is 47.6 Å². The second-order valence-corrected chi connectivity index (χ2v) is 13.9. The van der Waals surface area contributed by atoms with Crippen LogP contribution < -0.4 is 0 Å². The van der Waals surface area contributed by atoms with Crippen molar-refractivity contribution in [3.8, 4) is 0 Å². The Morgan fingerprint density at radius 2 is 1.48 bits per heavy atom. The summed E-state index contributed by atoms with van der Waals surface area (Å²) >= 11 is 0. The van der Waals surface area contributed by atoms with Gasteiger partial charge in [-0.2, -0.15) is 0 Å². The summed E-state index contributed by atoms with van der Waals surface area (Å²) in [7, 11) is 0. The van der Waals surface area contributed by atoms with Gasteiger partial charge in [0.2, 0.25) is 0 Å². The third kappa shape index (κ3) is 5.37. The third-order valence-electron chi connectivity index (χ3n) is 10.2. The van der Waals surface area contributed by atoms with Gasteiger partial charge in [0.15, 0.2) is 22.8 Å². The highest BCUT2D eigenvalue weighted by atomic mass is 16.3. The van der Waals surface area contributed by atoms with Gasteiger partial charge >= 0.3 is 0 Å². The molecule has 0 spiro atoms. The molecular weight excluding hydrogens is 496 g/mol. The van der Waals surface area contributed by atoms with E-state index in [-0.39, 0.29) is 47.1 Å². The number of rotatable bonds is 12. The van der Waals surface area contributed by atoms with Crippen LogP contribution in [0.4, 0.5) is 0 Å². The highest BCUT2D eigenvalue weighted by Crippen LogP contribution is 2.69. The van der Waals surface area contributed by atoms with Crippen molar-refractivity contribution < 1.29 is 19.5 Å². The summed E-state index contributed by atoms with van der Waals surface area (Å²) < 4.78 is 0. The van der Waals surface area contributed by atoms with E-state index in [9.17, 15) is 9.90 Å². The molecule has 0 aromatic carbocycles. The molecule has 2 aliphatic carbocycles. The van der Waals surface area contributed by atoms with Crippen LogP contribution in [0.2, 0.25) is 0 Å². The van der Waals surface area contributed by atoms with Gasteiger partial charge < -0.3 is 5.11 Å². The van der Waals surface area contributed by atoms with Crippen LogP contribution in [0.25, 0.3) is 0 Å². The van der Waals surface area contributed by atoms with Crippen LogP contribution in [0.1, 0.15) is 122 Å². The van der Waals surface area contributed by atoms with Gasteiger partial charge in [-0.15, -0.1) is 0 Å². The maximum absolute atomic E-state index is 15.3. The van der Waals surface area contributed by atoms with E-state index in [0.29, 0.717) is 25.7 Å². The van der Waals surface area contributed by atoms with Crippen molar-refractivity contribution in [3.63, 3.8) is 0 Å².